The molecule has 1 atom stereocenters. The van der Waals surface area contributed by atoms with E-state index in [1.54, 1.807) is 43.4 Å². The number of rotatable bonds is 8. The average Bonchev–Trinajstić information content (AvgIpc) is 2.79. The summed E-state index contributed by atoms with van der Waals surface area (Å²) in [6.45, 7) is 0.130. The number of amides is 2. The molecule has 33 heavy (non-hydrogen) atoms. The van der Waals surface area contributed by atoms with Gasteiger partial charge in [0.25, 0.3) is 0 Å². The summed E-state index contributed by atoms with van der Waals surface area (Å²) in [5.41, 5.74) is 2.22. The van der Waals surface area contributed by atoms with Gasteiger partial charge >= 0.3 is 0 Å². The van der Waals surface area contributed by atoms with Gasteiger partial charge in [-0.15, -0.1) is 0 Å². The number of nitrogens with zero attached hydrogens (tertiary/aromatic N) is 1. The highest BCUT2D eigenvalue weighted by Gasteiger charge is 2.30. The third-order valence-corrected chi connectivity index (χ3v) is 6.40. The fourth-order valence-corrected chi connectivity index (χ4v) is 4.43. The highest BCUT2D eigenvalue weighted by Crippen LogP contribution is 2.26. The van der Waals surface area contributed by atoms with Crippen LogP contribution in [0.1, 0.15) is 16.7 Å². The molecule has 1 unspecified atom stereocenters. The third-order valence-electron chi connectivity index (χ3n) is 5.23. The fraction of sp³-hybridized carbons (Fsp3) is 0.200. The Labute approximate surface area is 213 Å². The van der Waals surface area contributed by atoms with Gasteiger partial charge in [0.15, 0.2) is 0 Å². The van der Waals surface area contributed by atoms with Crippen LogP contribution >= 0.6 is 46.4 Å². The van der Waals surface area contributed by atoms with Crippen LogP contribution in [0.2, 0.25) is 20.1 Å². The second-order valence-corrected chi connectivity index (χ2v) is 9.18. The van der Waals surface area contributed by atoms with Gasteiger partial charge in [0.1, 0.15) is 6.04 Å². The first-order valence-corrected chi connectivity index (χ1v) is 11.7. The van der Waals surface area contributed by atoms with Crippen LogP contribution in [0.15, 0.2) is 66.7 Å². The molecule has 3 rings (SSSR count). The zero-order chi connectivity index (χ0) is 24.0. The Bertz CT molecular complexity index is 1140. The second-order valence-electron chi connectivity index (χ2n) is 7.49. The summed E-state index contributed by atoms with van der Waals surface area (Å²) < 4.78 is 0. The van der Waals surface area contributed by atoms with Crippen LogP contribution in [-0.2, 0) is 29.0 Å². The molecule has 0 bridgehead atoms. The number of halogens is 4. The summed E-state index contributed by atoms with van der Waals surface area (Å²) in [6.07, 6.45) is 0.343. The Morgan fingerprint density at radius 1 is 0.848 bits per heavy atom. The minimum atomic E-state index is -0.761. The Kier molecular flexibility index (Phi) is 9.04. The molecule has 0 fully saturated rings. The van der Waals surface area contributed by atoms with Crippen LogP contribution in [0.5, 0.6) is 0 Å². The van der Waals surface area contributed by atoms with Crippen molar-refractivity contribution < 1.29 is 9.59 Å². The van der Waals surface area contributed by atoms with Crippen molar-refractivity contribution in [2.45, 2.75) is 25.4 Å². The number of hydrogen-bond donors (Lipinski definition) is 1. The zero-order valence-electron chi connectivity index (χ0n) is 17.8. The van der Waals surface area contributed by atoms with Crippen molar-refractivity contribution in [2.24, 2.45) is 0 Å². The zero-order valence-corrected chi connectivity index (χ0v) is 20.8. The van der Waals surface area contributed by atoms with Gasteiger partial charge < -0.3 is 10.2 Å². The van der Waals surface area contributed by atoms with Crippen molar-refractivity contribution in [1.82, 2.24) is 10.2 Å². The van der Waals surface area contributed by atoms with Gasteiger partial charge in [-0.1, -0.05) is 88.9 Å². The number of benzene rings is 3. The Morgan fingerprint density at radius 2 is 1.42 bits per heavy atom. The molecule has 0 saturated carbocycles. The molecule has 0 heterocycles. The van der Waals surface area contributed by atoms with E-state index in [1.165, 1.54) is 4.90 Å². The molecule has 4 nitrogen and oxygen atoms in total. The average molecular weight is 524 g/mol. The van der Waals surface area contributed by atoms with Crippen LogP contribution in [0.25, 0.3) is 0 Å². The first-order chi connectivity index (χ1) is 15.8. The van der Waals surface area contributed by atoms with E-state index in [0.717, 1.165) is 5.56 Å². The summed E-state index contributed by atoms with van der Waals surface area (Å²) in [4.78, 5) is 28.1. The molecule has 172 valence electrons. The van der Waals surface area contributed by atoms with E-state index in [-0.39, 0.29) is 24.8 Å². The number of carbonyl (C=O) groups is 2. The van der Waals surface area contributed by atoms with Crippen LogP contribution in [0, 0.1) is 0 Å². The van der Waals surface area contributed by atoms with Gasteiger partial charge in [-0.2, -0.15) is 0 Å². The van der Waals surface area contributed by atoms with Crippen LogP contribution in [0.3, 0.4) is 0 Å². The topological polar surface area (TPSA) is 49.4 Å². The molecule has 0 saturated heterocycles. The van der Waals surface area contributed by atoms with E-state index in [9.17, 15) is 9.59 Å². The van der Waals surface area contributed by atoms with Crippen molar-refractivity contribution in [3.63, 3.8) is 0 Å². The lowest BCUT2D eigenvalue weighted by Gasteiger charge is -2.31. The molecular formula is C25H22Cl4N2O2. The predicted molar refractivity (Wildman–Crippen MR) is 135 cm³/mol. The molecule has 0 aliphatic rings. The van der Waals surface area contributed by atoms with Gasteiger partial charge in [-0.05, 0) is 41.0 Å². The first kappa shape index (κ1) is 25.4. The highest BCUT2D eigenvalue weighted by atomic mass is 35.5. The minimum Gasteiger partial charge on any atom is -0.357 e. The standard InChI is InChI=1S/C25H22Cl4N2O2/c1-30-25(33)23(11-16-5-3-2-4-6-16)31(15-18-8-10-20(27)14-22(18)29)24(32)12-17-7-9-19(26)13-21(17)28/h2-10,13-14,23H,11-12,15H2,1H3,(H,30,33). The lowest BCUT2D eigenvalue weighted by Crippen LogP contribution is -2.50. The number of hydrogen-bond acceptors (Lipinski definition) is 2. The van der Waals surface area contributed by atoms with E-state index >= 15 is 0 Å². The quantitative estimate of drug-likeness (QED) is 0.380. The first-order valence-electron chi connectivity index (χ1n) is 10.2. The van der Waals surface area contributed by atoms with E-state index in [0.29, 0.717) is 37.6 Å². The Morgan fingerprint density at radius 3 is 1.97 bits per heavy atom. The summed E-state index contributed by atoms with van der Waals surface area (Å²) in [6, 6.07) is 18.8. The Hall–Kier alpha value is -2.24. The second kappa shape index (κ2) is 11.8. The molecular weight excluding hydrogens is 502 g/mol. The number of likely N-dealkylation sites (N-methyl/N-ethyl adjacent to an activating group) is 1. The number of nitrogens with one attached hydrogen (secondary N) is 1. The minimum absolute atomic E-state index is 0.00347. The van der Waals surface area contributed by atoms with Gasteiger partial charge in [-0.25, -0.2) is 0 Å². The predicted octanol–water partition coefficient (Wildman–Crippen LogP) is 6.23. The van der Waals surface area contributed by atoms with Crippen molar-refractivity contribution in [3.05, 3.63) is 104 Å². The van der Waals surface area contributed by atoms with Crippen molar-refractivity contribution >= 4 is 58.2 Å². The monoisotopic (exact) mass is 522 g/mol. The molecule has 3 aromatic carbocycles. The maximum Gasteiger partial charge on any atom is 0.242 e. The normalized spacial score (nSPS) is 11.7. The summed E-state index contributed by atoms with van der Waals surface area (Å²) >= 11 is 24.7. The maximum absolute atomic E-state index is 13.6. The molecule has 0 aromatic heterocycles. The fourth-order valence-electron chi connectivity index (χ4n) is 3.48. The van der Waals surface area contributed by atoms with Crippen LogP contribution in [-0.4, -0.2) is 29.8 Å². The van der Waals surface area contributed by atoms with E-state index in [2.05, 4.69) is 5.32 Å². The van der Waals surface area contributed by atoms with Crippen LogP contribution < -0.4 is 5.32 Å². The van der Waals surface area contributed by atoms with Gasteiger partial charge in [0.2, 0.25) is 11.8 Å². The molecule has 2 amide bonds. The molecule has 1 N–H and O–H groups in total. The van der Waals surface area contributed by atoms with Crippen molar-refractivity contribution in [3.8, 4) is 0 Å². The summed E-state index contributed by atoms with van der Waals surface area (Å²) in [5.74, 6) is -0.547. The summed E-state index contributed by atoms with van der Waals surface area (Å²) in [7, 11) is 1.55. The summed E-state index contributed by atoms with van der Waals surface area (Å²) in [5, 5.41) is 4.46. The lowest BCUT2D eigenvalue weighted by molar-refractivity contribution is -0.140. The van der Waals surface area contributed by atoms with Crippen molar-refractivity contribution in [2.75, 3.05) is 7.05 Å². The molecule has 0 radical (unpaired) electrons. The smallest absolute Gasteiger partial charge is 0.242 e. The third kappa shape index (κ3) is 6.87. The van der Waals surface area contributed by atoms with E-state index < -0.39 is 6.04 Å². The van der Waals surface area contributed by atoms with E-state index in [1.807, 2.05) is 30.3 Å². The molecule has 0 aliphatic heterocycles. The van der Waals surface area contributed by atoms with Gasteiger partial charge in [0.05, 0.1) is 6.42 Å². The molecule has 0 spiro atoms. The van der Waals surface area contributed by atoms with Crippen molar-refractivity contribution in [1.29, 1.82) is 0 Å². The largest absolute Gasteiger partial charge is 0.357 e. The molecule has 8 heteroatoms. The number of carbonyl (C=O) groups excluding carboxylic acids is 2. The Balaban J connectivity index is 1.99. The SMILES string of the molecule is CNC(=O)C(Cc1ccccc1)N(Cc1ccc(Cl)cc1Cl)C(=O)Cc1ccc(Cl)cc1Cl. The van der Waals surface area contributed by atoms with Gasteiger partial charge in [-0.3, -0.25) is 9.59 Å². The maximum atomic E-state index is 13.6. The van der Waals surface area contributed by atoms with Crippen LogP contribution in [0.4, 0.5) is 0 Å². The molecule has 3 aromatic rings. The van der Waals surface area contributed by atoms with Gasteiger partial charge in [0, 0.05) is 40.1 Å². The lowest BCUT2D eigenvalue weighted by atomic mass is 10.0. The molecule has 0 aliphatic carbocycles. The van der Waals surface area contributed by atoms with E-state index in [4.69, 9.17) is 46.4 Å². The highest BCUT2D eigenvalue weighted by molar-refractivity contribution is 6.35.